The second kappa shape index (κ2) is 2.56. The lowest BCUT2D eigenvalue weighted by Crippen LogP contribution is -2.41. The van der Waals surface area contributed by atoms with Gasteiger partial charge in [-0.2, -0.15) is 5.06 Å². The minimum atomic E-state index is -1.23. The summed E-state index contributed by atoms with van der Waals surface area (Å²) in [6.07, 6.45) is -2.39. The molecule has 68 valence electrons. The van der Waals surface area contributed by atoms with Crippen LogP contribution in [0.25, 0.3) is 0 Å². The molecule has 2 N–H and O–H groups in total. The quantitative estimate of drug-likeness (QED) is 0.526. The predicted molar refractivity (Wildman–Crippen MR) is 36.3 cm³/mol. The van der Waals surface area contributed by atoms with Crippen LogP contribution in [0.15, 0.2) is 0 Å². The van der Waals surface area contributed by atoms with Gasteiger partial charge in [0.2, 0.25) is 0 Å². The summed E-state index contributed by atoms with van der Waals surface area (Å²) < 4.78 is 13.0. The van der Waals surface area contributed by atoms with Crippen molar-refractivity contribution >= 4 is 6.09 Å². The lowest BCUT2D eigenvalue weighted by Gasteiger charge is -2.18. The highest BCUT2D eigenvalue weighted by molar-refractivity contribution is 5.64. The Hall–Kier alpha value is -0.880. The SMILES string of the molecule is O=C(O)N1OCC2NCC(F)C21. The third-order valence-corrected chi connectivity index (χ3v) is 2.21. The zero-order valence-corrected chi connectivity index (χ0v) is 6.24. The van der Waals surface area contributed by atoms with E-state index in [1.54, 1.807) is 0 Å². The summed E-state index contributed by atoms with van der Waals surface area (Å²) in [7, 11) is 0. The van der Waals surface area contributed by atoms with Gasteiger partial charge < -0.3 is 10.4 Å². The molecule has 2 aliphatic rings. The Morgan fingerprint density at radius 3 is 3.17 bits per heavy atom. The number of amides is 1. The largest absolute Gasteiger partial charge is 0.463 e. The van der Waals surface area contributed by atoms with Crippen LogP contribution in [0.1, 0.15) is 0 Å². The maximum atomic E-state index is 13.0. The Morgan fingerprint density at radius 2 is 2.50 bits per heavy atom. The molecule has 3 atom stereocenters. The molecular formula is C6H9FN2O3. The molecule has 0 spiro atoms. The molecule has 1 amide bonds. The van der Waals surface area contributed by atoms with E-state index in [0.29, 0.717) is 5.06 Å². The first-order chi connectivity index (χ1) is 5.70. The first kappa shape index (κ1) is 7.75. The van der Waals surface area contributed by atoms with Crippen LogP contribution in [-0.2, 0) is 4.84 Å². The number of nitrogens with one attached hydrogen (secondary N) is 1. The second-order valence-electron chi connectivity index (χ2n) is 2.93. The topological polar surface area (TPSA) is 61.8 Å². The van der Waals surface area contributed by atoms with Crippen LogP contribution in [-0.4, -0.2) is 47.7 Å². The van der Waals surface area contributed by atoms with Gasteiger partial charge >= 0.3 is 6.09 Å². The van der Waals surface area contributed by atoms with Crippen molar-refractivity contribution in [3.05, 3.63) is 0 Å². The molecular weight excluding hydrogens is 167 g/mol. The first-order valence-corrected chi connectivity index (χ1v) is 3.72. The molecule has 5 nitrogen and oxygen atoms in total. The van der Waals surface area contributed by atoms with Crippen LogP contribution in [0, 0.1) is 0 Å². The van der Waals surface area contributed by atoms with Gasteiger partial charge in [0.25, 0.3) is 0 Å². The molecule has 0 radical (unpaired) electrons. The van der Waals surface area contributed by atoms with Crippen LogP contribution in [0.4, 0.5) is 9.18 Å². The van der Waals surface area contributed by atoms with Gasteiger partial charge in [-0.05, 0) is 0 Å². The molecule has 2 rings (SSSR count). The molecule has 0 aromatic carbocycles. The fourth-order valence-electron chi connectivity index (χ4n) is 1.65. The van der Waals surface area contributed by atoms with Gasteiger partial charge in [-0.25, -0.2) is 9.18 Å². The first-order valence-electron chi connectivity index (χ1n) is 3.72. The van der Waals surface area contributed by atoms with Crippen molar-refractivity contribution in [2.45, 2.75) is 18.3 Å². The molecule has 12 heavy (non-hydrogen) atoms. The summed E-state index contributed by atoms with van der Waals surface area (Å²) in [6, 6.07) is -0.849. The molecule has 0 bridgehead atoms. The fourth-order valence-corrected chi connectivity index (χ4v) is 1.65. The van der Waals surface area contributed by atoms with E-state index < -0.39 is 18.3 Å². The number of hydroxylamine groups is 2. The maximum Gasteiger partial charge on any atom is 0.431 e. The number of alkyl halides is 1. The fraction of sp³-hybridized carbons (Fsp3) is 0.833. The lowest BCUT2D eigenvalue weighted by atomic mass is 10.1. The van der Waals surface area contributed by atoms with E-state index >= 15 is 0 Å². The summed E-state index contributed by atoms with van der Waals surface area (Å²) in [4.78, 5) is 15.3. The molecule has 2 aliphatic heterocycles. The number of hydrogen-bond donors (Lipinski definition) is 2. The number of rotatable bonds is 0. The Balaban J connectivity index is 2.14. The molecule has 0 aromatic heterocycles. The van der Waals surface area contributed by atoms with E-state index in [1.165, 1.54) is 0 Å². The molecule has 0 saturated carbocycles. The second-order valence-corrected chi connectivity index (χ2v) is 2.93. The number of nitrogens with zero attached hydrogens (tertiary/aromatic N) is 1. The summed E-state index contributed by atoms with van der Waals surface area (Å²) in [5.74, 6) is 0. The zero-order valence-electron chi connectivity index (χ0n) is 6.24. The summed E-state index contributed by atoms with van der Waals surface area (Å²) in [5.41, 5.74) is 0. The molecule has 0 aliphatic carbocycles. The molecule has 2 saturated heterocycles. The highest BCUT2D eigenvalue weighted by atomic mass is 19.1. The monoisotopic (exact) mass is 176 g/mol. The average molecular weight is 176 g/mol. The van der Waals surface area contributed by atoms with E-state index in [0.717, 1.165) is 0 Å². The van der Waals surface area contributed by atoms with Crippen LogP contribution in [0.5, 0.6) is 0 Å². The maximum absolute atomic E-state index is 13.0. The Morgan fingerprint density at radius 1 is 1.75 bits per heavy atom. The van der Waals surface area contributed by atoms with Crippen molar-refractivity contribution in [2.75, 3.05) is 13.2 Å². The molecule has 2 heterocycles. The Bertz CT molecular complexity index is 213. The van der Waals surface area contributed by atoms with Gasteiger partial charge in [0.05, 0.1) is 12.6 Å². The summed E-state index contributed by atoms with van der Waals surface area (Å²) in [5, 5.41) is 12.1. The van der Waals surface area contributed by atoms with Crippen molar-refractivity contribution in [3.63, 3.8) is 0 Å². The molecule has 3 unspecified atom stereocenters. The summed E-state index contributed by atoms with van der Waals surface area (Å²) >= 11 is 0. The molecule has 6 heteroatoms. The van der Waals surface area contributed by atoms with Gasteiger partial charge in [0.15, 0.2) is 0 Å². The van der Waals surface area contributed by atoms with E-state index in [9.17, 15) is 9.18 Å². The van der Waals surface area contributed by atoms with Gasteiger partial charge in [0.1, 0.15) is 12.2 Å². The number of carboxylic acid groups (broad SMARTS) is 1. The van der Waals surface area contributed by atoms with Gasteiger partial charge in [0, 0.05) is 6.54 Å². The van der Waals surface area contributed by atoms with Crippen LogP contribution >= 0.6 is 0 Å². The highest BCUT2D eigenvalue weighted by Gasteiger charge is 2.48. The van der Waals surface area contributed by atoms with Crippen molar-refractivity contribution < 1.29 is 19.1 Å². The number of halogens is 1. The van der Waals surface area contributed by atoms with E-state index in [-0.39, 0.29) is 19.2 Å². The smallest absolute Gasteiger partial charge is 0.431 e. The van der Waals surface area contributed by atoms with E-state index in [1.807, 2.05) is 0 Å². The van der Waals surface area contributed by atoms with Crippen molar-refractivity contribution in [2.24, 2.45) is 0 Å². The number of fused-ring (bicyclic) bond motifs is 1. The highest BCUT2D eigenvalue weighted by Crippen LogP contribution is 2.24. The minimum absolute atomic E-state index is 0.184. The van der Waals surface area contributed by atoms with Gasteiger partial charge in [-0.15, -0.1) is 0 Å². The van der Waals surface area contributed by atoms with Gasteiger partial charge in [-0.1, -0.05) is 0 Å². The Labute approximate surface area is 68.1 Å². The van der Waals surface area contributed by atoms with Crippen LogP contribution in [0.2, 0.25) is 0 Å². The standard InChI is InChI=1S/C6H9FN2O3/c7-3-1-8-4-2-12-9(5(3)4)6(10)11/h3-5,8H,1-2H2,(H,10,11). The molecule has 0 aromatic rings. The number of carbonyl (C=O) groups is 1. The summed E-state index contributed by atoms with van der Waals surface area (Å²) in [6.45, 7) is 0.444. The average Bonchev–Trinajstić information content (AvgIpc) is 2.53. The van der Waals surface area contributed by atoms with Crippen molar-refractivity contribution in [1.29, 1.82) is 0 Å². The third kappa shape index (κ3) is 0.953. The van der Waals surface area contributed by atoms with Crippen molar-refractivity contribution in [1.82, 2.24) is 10.4 Å². The number of hydrogen-bond acceptors (Lipinski definition) is 3. The lowest BCUT2D eigenvalue weighted by molar-refractivity contribution is -0.113. The van der Waals surface area contributed by atoms with Gasteiger partial charge in [-0.3, -0.25) is 4.84 Å². The van der Waals surface area contributed by atoms with E-state index in [4.69, 9.17) is 9.94 Å². The zero-order chi connectivity index (χ0) is 8.72. The van der Waals surface area contributed by atoms with E-state index in [2.05, 4.69) is 5.32 Å². The minimum Gasteiger partial charge on any atom is -0.463 e. The molecule has 2 fully saturated rings. The third-order valence-electron chi connectivity index (χ3n) is 2.21. The van der Waals surface area contributed by atoms with Crippen molar-refractivity contribution in [3.8, 4) is 0 Å². The normalized spacial score (nSPS) is 40.1. The Kier molecular flexibility index (Phi) is 1.66. The van der Waals surface area contributed by atoms with Crippen LogP contribution < -0.4 is 5.32 Å². The van der Waals surface area contributed by atoms with Crippen LogP contribution in [0.3, 0.4) is 0 Å². The predicted octanol–water partition coefficient (Wildman–Crippen LogP) is -0.410.